The predicted octanol–water partition coefficient (Wildman–Crippen LogP) is 1.69. The van der Waals surface area contributed by atoms with Crippen LogP contribution in [-0.2, 0) is 0 Å². The molecule has 13 heavy (non-hydrogen) atoms. The molecule has 4 nitrogen and oxygen atoms in total. The van der Waals surface area contributed by atoms with Crippen molar-refractivity contribution in [3.05, 3.63) is 12.2 Å². The summed E-state index contributed by atoms with van der Waals surface area (Å²) >= 11 is 0. The molecule has 1 aromatic rings. The number of hydrogen-bond donors (Lipinski definition) is 1. The van der Waals surface area contributed by atoms with Gasteiger partial charge in [0, 0.05) is 12.0 Å². The Labute approximate surface area is 78.5 Å². The fraction of sp³-hybridized carbons (Fsp3) is 0.778. The third kappa shape index (κ3) is 3.55. The first-order chi connectivity index (χ1) is 6.20. The highest BCUT2D eigenvalue weighted by atomic mass is 16.5. The summed E-state index contributed by atoms with van der Waals surface area (Å²) in [6, 6.07) is 0.287. The maximum atomic E-state index is 5.65. The van der Waals surface area contributed by atoms with Crippen LogP contribution in [0.15, 0.2) is 10.9 Å². The van der Waals surface area contributed by atoms with E-state index in [4.69, 9.17) is 10.3 Å². The van der Waals surface area contributed by atoms with Crippen LogP contribution < -0.4 is 5.73 Å². The zero-order valence-corrected chi connectivity index (χ0v) is 8.23. The van der Waals surface area contributed by atoms with Crippen molar-refractivity contribution in [1.82, 2.24) is 10.1 Å². The Bertz CT molecular complexity index is 221. The molecule has 0 amide bonds. The van der Waals surface area contributed by atoms with Gasteiger partial charge in [-0.2, -0.15) is 4.98 Å². The lowest BCUT2D eigenvalue weighted by molar-refractivity contribution is 0.349. The number of hydrogen-bond acceptors (Lipinski definition) is 4. The van der Waals surface area contributed by atoms with Crippen LogP contribution in [0.3, 0.4) is 0 Å². The Kier molecular flexibility index (Phi) is 3.89. The molecular formula is C9H17N3O. The van der Waals surface area contributed by atoms with E-state index < -0.39 is 0 Å². The highest BCUT2D eigenvalue weighted by Crippen LogP contribution is 2.18. The van der Waals surface area contributed by atoms with Crippen molar-refractivity contribution in [2.45, 2.75) is 45.1 Å². The minimum atomic E-state index is 0.287. The zero-order chi connectivity index (χ0) is 9.68. The summed E-state index contributed by atoms with van der Waals surface area (Å²) in [6.07, 6.45) is 4.67. The van der Waals surface area contributed by atoms with E-state index in [1.165, 1.54) is 6.33 Å². The largest absolute Gasteiger partial charge is 0.339 e. The Morgan fingerprint density at radius 3 is 2.77 bits per heavy atom. The smallest absolute Gasteiger partial charge is 0.229 e. The highest BCUT2D eigenvalue weighted by Gasteiger charge is 2.10. The van der Waals surface area contributed by atoms with Crippen molar-refractivity contribution in [2.24, 2.45) is 5.73 Å². The summed E-state index contributed by atoms with van der Waals surface area (Å²) in [4.78, 5) is 4.00. The molecule has 1 heterocycles. The monoisotopic (exact) mass is 183 g/mol. The summed E-state index contributed by atoms with van der Waals surface area (Å²) in [6.45, 7) is 4.12. The minimum Gasteiger partial charge on any atom is -0.339 e. The molecular weight excluding hydrogens is 166 g/mol. The van der Waals surface area contributed by atoms with Gasteiger partial charge in [-0.15, -0.1) is 0 Å². The van der Waals surface area contributed by atoms with Crippen molar-refractivity contribution in [2.75, 3.05) is 0 Å². The van der Waals surface area contributed by atoms with Gasteiger partial charge in [-0.3, -0.25) is 0 Å². The molecule has 0 saturated heterocycles. The second-order valence-corrected chi connectivity index (χ2v) is 3.59. The number of nitrogens with zero attached hydrogens (tertiary/aromatic N) is 2. The third-order valence-corrected chi connectivity index (χ3v) is 2.10. The lowest BCUT2D eigenvalue weighted by Gasteiger charge is -2.07. The Morgan fingerprint density at radius 1 is 1.46 bits per heavy atom. The topological polar surface area (TPSA) is 64.9 Å². The molecule has 4 heteroatoms. The van der Waals surface area contributed by atoms with Gasteiger partial charge in [-0.25, -0.2) is 0 Å². The molecule has 0 bridgehead atoms. The molecule has 0 saturated carbocycles. The van der Waals surface area contributed by atoms with Crippen molar-refractivity contribution < 1.29 is 4.52 Å². The number of nitrogens with two attached hydrogens (primary N) is 1. The Morgan fingerprint density at radius 2 is 2.23 bits per heavy atom. The molecule has 0 fully saturated rings. The third-order valence-electron chi connectivity index (χ3n) is 2.10. The molecule has 0 aliphatic carbocycles. The van der Waals surface area contributed by atoms with Crippen LogP contribution in [0.4, 0.5) is 0 Å². The van der Waals surface area contributed by atoms with Crippen LogP contribution in [-0.4, -0.2) is 16.2 Å². The summed E-state index contributed by atoms with van der Waals surface area (Å²) in [5, 5.41) is 3.58. The van der Waals surface area contributed by atoms with Gasteiger partial charge in [0.15, 0.2) is 6.33 Å². The zero-order valence-electron chi connectivity index (χ0n) is 8.23. The lowest BCUT2D eigenvalue weighted by Crippen LogP contribution is -2.14. The van der Waals surface area contributed by atoms with E-state index >= 15 is 0 Å². The summed E-state index contributed by atoms with van der Waals surface area (Å²) in [7, 11) is 0. The van der Waals surface area contributed by atoms with Gasteiger partial charge in [0.05, 0.1) is 0 Å². The molecule has 0 aromatic carbocycles. The molecule has 74 valence electrons. The average Bonchev–Trinajstić information content (AvgIpc) is 2.55. The molecule has 0 aliphatic rings. The van der Waals surface area contributed by atoms with Crippen LogP contribution in [0, 0.1) is 0 Å². The fourth-order valence-corrected chi connectivity index (χ4v) is 1.27. The molecule has 2 atom stereocenters. The van der Waals surface area contributed by atoms with Gasteiger partial charge in [0.25, 0.3) is 0 Å². The second-order valence-electron chi connectivity index (χ2n) is 3.59. The Balaban J connectivity index is 2.22. The Hall–Kier alpha value is -0.900. The number of rotatable bonds is 5. The van der Waals surface area contributed by atoms with Gasteiger partial charge in [-0.1, -0.05) is 18.5 Å². The van der Waals surface area contributed by atoms with E-state index in [0.29, 0.717) is 5.92 Å². The van der Waals surface area contributed by atoms with Gasteiger partial charge < -0.3 is 10.3 Å². The molecule has 0 aliphatic heterocycles. The van der Waals surface area contributed by atoms with E-state index in [1.54, 1.807) is 0 Å². The second kappa shape index (κ2) is 4.97. The lowest BCUT2D eigenvalue weighted by atomic mass is 10.0. The minimum absolute atomic E-state index is 0.287. The van der Waals surface area contributed by atoms with E-state index in [2.05, 4.69) is 17.1 Å². The first-order valence-electron chi connectivity index (χ1n) is 4.72. The molecule has 0 radical (unpaired) electrons. The molecule has 1 aromatic heterocycles. The maximum Gasteiger partial charge on any atom is 0.229 e. The van der Waals surface area contributed by atoms with Crippen LogP contribution in [0.2, 0.25) is 0 Å². The van der Waals surface area contributed by atoms with Crippen molar-refractivity contribution in [3.63, 3.8) is 0 Å². The van der Waals surface area contributed by atoms with Crippen molar-refractivity contribution >= 4 is 0 Å². The van der Waals surface area contributed by atoms with Gasteiger partial charge in [0.2, 0.25) is 5.89 Å². The summed E-state index contributed by atoms with van der Waals surface area (Å²) in [5.74, 6) is 1.07. The molecule has 2 unspecified atom stereocenters. The first kappa shape index (κ1) is 10.2. The van der Waals surface area contributed by atoms with Crippen LogP contribution in [0.1, 0.15) is 44.9 Å². The van der Waals surface area contributed by atoms with Crippen LogP contribution in [0.5, 0.6) is 0 Å². The molecule has 2 N–H and O–H groups in total. The van der Waals surface area contributed by atoms with E-state index in [9.17, 15) is 0 Å². The van der Waals surface area contributed by atoms with Gasteiger partial charge >= 0.3 is 0 Å². The first-order valence-corrected chi connectivity index (χ1v) is 4.72. The molecule has 0 spiro atoms. The van der Waals surface area contributed by atoms with E-state index in [1.807, 2.05) is 6.92 Å². The quantitative estimate of drug-likeness (QED) is 0.754. The van der Waals surface area contributed by atoms with Crippen LogP contribution >= 0.6 is 0 Å². The standard InChI is InChI=1S/C9H17N3O/c1-7(4-3-5-8(2)10)9-11-6-12-13-9/h6-8H,3-5,10H2,1-2H3. The van der Waals surface area contributed by atoms with Crippen molar-refractivity contribution in [3.8, 4) is 0 Å². The summed E-state index contributed by atoms with van der Waals surface area (Å²) in [5.41, 5.74) is 5.65. The predicted molar refractivity (Wildman–Crippen MR) is 50.2 cm³/mol. The number of aromatic nitrogens is 2. The van der Waals surface area contributed by atoms with Gasteiger partial charge in [-0.05, 0) is 19.8 Å². The average molecular weight is 183 g/mol. The van der Waals surface area contributed by atoms with Crippen molar-refractivity contribution in [1.29, 1.82) is 0 Å². The maximum absolute atomic E-state index is 5.65. The van der Waals surface area contributed by atoms with Gasteiger partial charge in [0.1, 0.15) is 0 Å². The molecule has 1 rings (SSSR count). The fourth-order valence-electron chi connectivity index (χ4n) is 1.27. The van der Waals surface area contributed by atoms with E-state index in [-0.39, 0.29) is 6.04 Å². The SMILES string of the molecule is CC(N)CCCC(C)c1ncno1. The van der Waals surface area contributed by atoms with E-state index in [0.717, 1.165) is 25.2 Å². The normalized spacial score (nSPS) is 15.6. The summed E-state index contributed by atoms with van der Waals surface area (Å²) < 4.78 is 4.96. The highest BCUT2D eigenvalue weighted by molar-refractivity contribution is 4.85. The van der Waals surface area contributed by atoms with Crippen LogP contribution in [0.25, 0.3) is 0 Å².